The number of nitrogens with zero attached hydrogens (tertiary/aromatic N) is 3. The molecule has 0 spiro atoms. The predicted molar refractivity (Wildman–Crippen MR) is 78.5 cm³/mol. The van der Waals surface area contributed by atoms with Gasteiger partial charge in [0.05, 0.1) is 15.6 Å². The van der Waals surface area contributed by atoms with E-state index in [1.54, 1.807) is 22.7 Å². The molecule has 0 unspecified atom stereocenters. The first-order valence-electron chi connectivity index (χ1n) is 6.14. The van der Waals surface area contributed by atoms with Gasteiger partial charge in [0, 0.05) is 13.5 Å². The summed E-state index contributed by atoms with van der Waals surface area (Å²) in [5, 5.41) is 14.4. The van der Waals surface area contributed by atoms with E-state index in [0.29, 0.717) is 5.92 Å². The van der Waals surface area contributed by atoms with Crippen LogP contribution in [0.15, 0.2) is 0 Å². The van der Waals surface area contributed by atoms with Gasteiger partial charge in [0.2, 0.25) is 5.13 Å². The number of aryl methyl sites for hydroxylation is 1. The highest BCUT2D eigenvalue weighted by molar-refractivity contribution is 7.23. The maximum atomic E-state index is 4.72. The summed E-state index contributed by atoms with van der Waals surface area (Å²) in [5.74, 6) is 0.635. The van der Waals surface area contributed by atoms with Crippen LogP contribution in [0.4, 0.5) is 5.13 Å². The van der Waals surface area contributed by atoms with Gasteiger partial charge < -0.3 is 5.32 Å². The average Bonchev–Trinajstić information content (AvgIpc) is 2.93. The van der Waals surface area contributed by atoms with Crippen LogP contribution in [0.3, 0.4) is 0 Å². The van der Waals surface area contributed by atoms with E-state index < -0.39 is 0 Å². The number of anilines is 1. The van der Waals surface area contributed by atoms with Crippen LogP contribution in [0.1, 0.15) is 31.5 Å². The average molecular weight is 282 g/mol. The van der Waals surface area contributed by atoms with Gasteiger partial charge >= 0.3 is 0 Å². The fourth-order valence-electron chi connectivity index (χ4n) is 1.66. The molecule has 2 heterocycles. The third kappa shape index (κ3) is 2.87. The Morgan fingerprint density at radius 3 is 2.56 bits per heavy atom. The van der Waals surface area contributed by atoms with Gasteiger partial charge in [-0.2, -0.15) is 0 Å². The van der Waals surface area contributed by atoms with E-state index in [1.807, 2.05) is 7.05 Å². The number of rotatable bonds is 5. The molecule has 0 saturated heterocycles. The summed E-state index contributed by atoms with van der Waals surface area (Å²) in [5.41, 5.74) is 1.15. The van der Waals surface area contributed by atoms with Crippen molar-refractivity contribution in [3.63, 3.8) is 0 Å². The van der Waals surface area contributed by atoms with Crippen LogP contribution in [0, 0.1) is 5.92 Å². The molecule has 6 heteroatoms. The van der Waals surface area contributed by atoms with E-state index in [4.69, 9.17) is 4.98 Å². The van der Waals surface area contributed by atoms with Crippen molar-refractivity contribution >= 4 is 27.8 Å². The Balaban J connectivity index is 2.33. The van der Waals surface area contributed by atoms with Gasteiger partial charge in [-0.1, -0.05) is 32.1 Å². The molecule has 0 aliphatic rings. The lowest BCUT2D eigenvalue weighted by Gasteiger charge is -1.98. The molecule has 1 N–H and O–H groups in total. The van der Waals surface area contributed by atoms with Gasteiger partial charge in [-0.15, -0.1) is 21.5 Å². The molecule has 0 amide bonds. The first kappa shape index (κ1) is 13.4. The molecule has 4 nitrogen and oxygen atoms in total. The number of thiazole rings is 1. The summed E-state index contributed by atoms with van der Waals surface area (Å²) in [4.78, 5) is 5.90. The van der Waals surface area contributed by atoms with Crippen molar-refractivity contribution in [2.75, 3.05) is 12.4 Å². The van der Waals surface area contributed by atoms with E-state index >= 15 is 0 Å². The largest absolute Gasteiger partial charge is 0.363 e. The van der Waals surface area contributed by atoms with Gasteiger partial charge in [-0.25, -0.2) is 4.98 Å². The zero-order chi connectivity index (χ0) is 13.1. The maximum Gasteiger partial charge on any atom is 0.205 e. The van der Waals surface area contributed by atoms with E-state index in [2.05, 4.69) is 36.3 Å². The van der Waals surface area contributed by atoms with Gasteiger partial charge in [-0.05, 0) is 12.3 Å². The Kier molecular flexibility index (Phi) is 4.29. The summed E-state index contributed by atoms with van der Waals surface area (Å²) in [7, 11) is 1.86. The normalized spacial score (nSPS) is 11.2. The van der Waals surface area contributed by atoms with E-state index in [9.17, 15) is 0 Å². The smallest absolute Gasteiger partial charge is 0.205 e. The van der Waals surface area contributed by atoms with Crippen LogP contribution in [0.2, 0.25) is 0 Å². The predicted octanol–water partition coefficient (Wildman–Crippen LogP) is 3.46. The quantitative estimate of drug-likeness (QED) is 0.912. The third-order valence-electron chi connectivity index (χ3n) is 2.49. The summed E-state index contributed by atoms with van der Waals surface area (Å²) in [6.45, 7) is 6.57. The fraction of sp³-hybridized carbons (Fsp3) is 0.583. The second-order valence-electron chi connectivity index (χ2n) is 4.50. The van der Waals surface area contributed by atoms with Crippen LogP contribution in [-0.4, -0.2) is 22.2 Å². The van der Waals surface area contributed by atoms with E-state index in [-0.39, 0.29) is 0 Å². The summed E-state index contributed by atoms with van der Waals surface area (Å²) >= 11 is 3.34. The molecular formula is C12H18N4S2. The minimum absolute atomic E-state index is 0.635. The minimum atomic E-state index is 0.635. The first-order chi connectivity index (χ1) is 8.63. The molecular weight excluding hydrogens is 264 g/mol. The highest BCUT2D eigenvalue weighted by Crippen LogP contribution is 2.34. The fourth-order valence-corrected chi connectivity index (χ4v) is 3.81. The molecule has 18 heavy (non-hydrogen) atoms. The molecule has 0 bridgehead atoms. The zero-order valence-electron chi connectivity index (χ0n) is 11.1. The van der Waals surface area contributed by atoms with Crippen molar-refractivity contribution in [2.24, 2.45) is 5.92 Å². The van der Waals surface area contributed by atoms with Gasteiger partial charge in [0.1, 0.15) is 0 Å². The van der Waals surface area contributed by atoms with Crippen LogP contribution in [0.5, 0.6) is 0 Å². The van der Waals surface area contributed by atoms with E-state index in [1.165, 1.54) is 9.88 Å². The van der Waals surface area contributed by atoms with Crippen LogP contribution in [0.25, 0.3) is 9.88 Å². The van der Waals surface area contributed by atoms with Crippen LogP contribution in [-0.2, 0) is 12.8 Å². The van der Waals surface area contributed by atoms with Crippen molar-refractivity contribution in [2.45, 2.75) is 33.6 Å². The Labute approximate surface area is 116 Å². The van der Waals surface area contributed by atoms with E-state index in [0.717, 1.165) is 28.7 Å². The molecule has 0 aromatic carbocycles. The molecule has 0 aliphatic heterocycles. The second-order valence-corrected chi connectivity index (χ2v) is 6.56. The number of nitrogens with one attached hydrogen (secondary N) is 1. The monoisotopic (exact) mass is 282 g/mol. The van der Waals surface area contributed by atoms with Crippen LogP contribution >= 0.6 is 22.7 Å². The summed E-state index contributed by atoms with van der Waals surface area (Å²) in [6.07, 6.45) is 1.98. The molecule has 0 saturated carbocycles. The third-order valence-corrected chi connectivity index (χ3v) is 4.71. The van der Waals surface area contributed by atoms with Crippen LogP contribution < -0.4 is 5.32 Å². The number of hydrogen-bond acceptors (Lipinski definition) is 6. The molecule has 2 aromatic heterocycles. The molecule has 0 aliphatic carbocycles. The molecule has 2 aromatic rings. The van der Waals surface area contributed by atoms with Gasteiger partial charge in [-0.3, -0.25) is 0 Å². The van der Waals surface area contributed by atoms with Crippen molar-refractivity contribution in [3.05, 3.63) is 10.7 Å². The lowest BCUT2D eigenvalue weighted by Crippen LogP contribution is -1.93. The minimum Gasteiger partial charge on any atom is -0.363 e. The highest BCUT2D eigenvalue weighted by atomic mass is 32.1. The Morgan fingerprint density at radius 2 is 2.00 bits per heavy atom. The molecule has 2 rings (SSSR count). The van der Waals surface area contributed by atoms with Crippen molar-refractivity contribution < 1.29 is 0 Å². The first-order valence-corrected chi connectivity index (χ1v) is 7.77. The lowest BCUT2D eigenvalue weighted by molar-refractivity contribution is 0.643. The SMILES string of the molecule is CCc1nc(CC(C)C)sc1-c1nnc(NC)s1. The van der Waals surface area contributed by atoms with Gasteiger partial charge in [0.15, 0.2) is 5.01 Å². The molecule has 0 atom stereocenters. The maximum absolute atomic E-state index is 4.72. The zero-order valence-corrected chi connectivity index (χ0v) is 12.8. The Bertz CT molecular complexity index is 516. The molecule has 0 radical (unpaired) electrons. The standard InChI is InChI=1S/C12H18N4S2/c1-5-8-10(11-15-16-12(13-4)18-11)17-9(14-8)6-7(2)3/h7H,5-6H2,1-4H3,(H,13,16). The van der Waals surface area contributed by atoms with Crippen molar-refractivity contribution in [1.29, 1.82) is 0 Å². The second kappa shape index (κ2) is 5.75. The number of aromatic nitrogens is 3. The highest BCUT2D eigenvalue weighted by Gasteiger charge is 2.16. The summed E-state index contributed by atoms with van der Waals surface area (Å²) in [6, 6.07) is 0. The van der Waals surface area contributed by atoms with Gasteiger partial charge in [0.25, 0.3) is 0 Å². The Morgan fingerprint density at radius 1 is 1.22 bits per heavy atom. The van der Waals surface area contributed by atoms with Crippen molar-refractivity contribution in [3.8, 4) is 9.88 Å². The number of hydrogen-bond donors (Lipinski definition) is 1. The topological polar surface area (TPSA) is 50.7 Å². The molecule has 0 fully saturated rings. The van der Waals surface area contributed by atoms with Crippen molar-refractivity contribution in [1.82, 2.24) is 15.2 Å². The molecule has 98 valence electrons. The lowest BCUT2D eigenvalue weighted by atomic mass is 10.1. The Hall–Kier alpha value is -1.01. The summed E-state index contributed by atoms with van der Waals surface area (Å²) < 4.78 is 0.